The predicted octanol–water partition coefficient (Wildman–Crippen LogP) is 2.43. The lowest BCUT2D eigenvalue weighted by atomic mass is 9.90. The fraction of sp³-hybridized carbons (Fsp3) is 0.448. The molecule has 7 rings (SSSR count). The second-order valence-electron chi connectivity index (χ2n) is 11.3. The number of piperidine rings is 1. The van der Waals surface area contributed by atoms with Gasteiger partial charge in [0.25, 0.3) is 0 Å². The highest BCUT2D eigenvalue weighted by molar-refractivity contribution is 5.76. The molecule has 0 atom stereocenters. The molecular weight excluding hydrogens is 504 g/mol. The lowest BCUT2D eigenvalue weighted by Gasteiger charge is -2.28. The van der Waals surface area contributed by atoms with E-state index in [9.17, 15) is 4.79 Å². The zero-order valence-corrected chi connectivity index (χ0v) is 22.8. The Morgan fingerprint density at radius 1 is 1.02 bits per heavy atom. The van der Waals surface area contributed by atoms with Crippen LogP contribution in [-0.2, 0) is 37.1 Å². The lowest BCUT2D eigenvalue weighted by Crippen LogP contribution is -2.38. The van der Waals surface area contributed by atoms with Crippen LogP contribution in [-0.4, -0.2) is 83.6 Å². The monoisotopic (exact) mass is 538 g/mol. The van der Waals surface area contributed by atoms with E-state index in [2.05, 4.69) is 66.9 Å². The summed E-state index contributed by atoms with van der Waals surface area (Å²) in [6, 6.07) is 8.90. The number of carbonyl (C=O) groups excluding carboxylic acids is 1. The summed E-state index contributed by atoms with van der Waals surface area (Å²) in [7, 11) is 2.16. The summed E-state index contributed by atoms with van der Waals surface area (Å²) in [6.07, 6.45) is 10.5. The Hall–Kier alpha value is -4.12. The van der Waals surface area contributed by atoms with Gasteiger partial charge in [-0.3, -0.25) is 9.48 Å². The molecule has 0 spiro atoms. The van der Waals surface area contributed by atoms with Crippen LogP contribution in [0.5, 0.6) is 0 Å². The van der Waals surface area contributed by atoms with Crippen molar-refractivity contribution in [2.75, 3.05) is 32.0 Å². The number of likely N-dealkylation sites (tertiary alicyclic amines) is 1. The van der Waals surface area contributed by atoms with Crippen LogP contribution in [0.4, 0.5) is 5.95 Å². The van der Waals surface area contributed by atoms with Crippen molar-refractivity contribution in [2.24, 2.45) is 0 Å². The van der Waals surface area contributed by atoms with Crippen molar-refractivity contribution in [1.82, 2.24) is 45.0 Å². The SMILES string of the molecule is CN1CCC(c2nn(CC(=O)N3CCc4n[nH]nc4C3)cc2-c2cnc(NC3Cc4ccccc4C3)nc2)CC1. The standard InChI is InChI=1S/C29H34N10O/c1-37-9-6-19(7-10-37)28-24(16-39(35-28)18-27(40)38-11-8-25-26(17-38)34-36-33-25)22-14-30-29(31-15-22)32-23-12-20-4-2-3-5-21(20)13-23/h2-5,14-16,19,23H,6-13,17-18H2,1H3,(H,30,31,32)(H,33,34,36). The summed E-state index contributed by atoms with van der Waals surface area (Å²) in [4.78, 5) is 26.8. The molecule has 1 amide bonds. The maximum absolute atomic E-state index is 13.2. The van der Waals surface area contributed by atoms with Crippen molar-refractivity contribution in [2.45, 2.75) is 57.2 Å². The molecular formula is C29H34N10O. The fourth-order valence-electron chi connectivity index (χ4n) is 6.26. The zero-order chi connectivity index (χ0) is 27.1. The van der Waals surface area contributed by atoms with E-state index in [4.69, 9.17) is 5.10 Å². The molecule has 2 aliphatic heterocycles. The Bertz CT molecular complexity index is 1480. The number of hydrogen-bond donors (Lipinski definition) is 2. The quantitative estimate of drug-likeness (QED) is 0.384. The Kier molecular flexibility index (Phi) is 6.51. The molecule has 3 aromatic heterocycles. The second-order valence-corrected chi connectivity index (χ2v) is 11.3. The molecule has 1 aromatic carbocycles. The Labute approximate surface area is 233 Å². The van der Waals surface area contributed by atoms with Crippen LogP contribution in [0.2, 0.25) is 0 Å². The molecule has 3 aliphatic rings. The lowest BCUT2D eigenvalue weighted by molar-refractivity contribution is -0.133. The van der Waals surface area contributed by atoms with E-state index in [1.165, 1.54) is 11.1 Å². The second kappa shape index (κ2) is 10.5. The number of aromatic nitrogens is 7. The molecule has 2 N–H and O–H groups in total. The highest BCUT2D eigenvalue weighted by Gasteiger charge is 2.28. The summed E-state index contributed by atoms with van der Waals surface area (Å²) in [5.74, 6) is 1.01. The number of rotatable bonds is 6. The minimum Gasteiger partial charge on any atom is -0.351 e. The number of benzene rings is 1. The number of amides is 1. The number of carbonyl (C=O) groups is 1. The van der Waals surface area contributed by atoms with Gasteiger partial charge in [0.15, 0.2) is 0 Å². The Morgan fingerprint density at radius 3 is 2.50 bits per heavy atom. The van der Waals surface area contributed by atoms with Crippen molar-refractivity contribution >= 4 is 11.9 Å². The van der Waals surface area contributed by atoms with Gasteiger partial charge in [-0.25, -0.2) is 9.97 Å². The predicted molar refractivity (Wildman–Crippen MR) is 149 cm³/mol. The van der Waals surface area contributed by atoms with Crippen LogP contribution in [0.25, 0.3) is 11.1 Å². The number of H-pyrrole nitrogens is 1. The number of nitrogens with one attached hydrogen (secondary N) is 2. The van der Waals surface area contributed by atoms with Crippen LogP contribution < -0.4 is 5.32 Å². The summed E-state index contributed by atoms with van der Waals surface area (Å²) >= 11 is 0. The van der Waals surface area contributed by atoms with Crippen LogP contribution in [0.1, 0.15) is 47.0 Å². The van der Waals surface area contributed by atoms with Crippen LogP contribution in [0, 0.1) is 0 Å². The molecule has 0 bridgehead atoms. The molecule has 5 heterocycles. The summed E-state index contributed by atoms with van der Waals surface area (Å²) < 4.78 is 1.80. The third kappa shape index (κ3) is 4.97. The molecule has 0 radical (unpaired) electrons. The largest absolute Gasteiger partial charge is 0.351 e. The Balaban J connectivity index is 1.09. The first kappa shape index (κ1) is 24.9. The number of fused-ring (bicyclic) bond motifs is 2. The van der Waals surface area contributed by atoms with Gasteiger partial charge in [-0.2, -0.15) is 20.5 Å². The number of anilines is 1. The summed E-state index contributed by atoms with van der Waals surface area (Å²) in [6.45, 7) is 3.38. The van der Waals surface area contributed by atoms with Gasteiger partial charge in [0.1, 0.15) is 12.2 Å². The van der Waals surface area contributed by atoms with Gasteiger partial charge in [-0.1, -0.05) is 24.3 Å². The maximum atomic E-state index is 13.2. The van der Waals surface area contributed by atoms with Crippen molar-refractivity contribution in [1.29, 1.82) is 0 Å². The molecule has 0 saturated carbocycles. The molecule has 0 unspecified atom stereocenters. The van der Waals surface area contributed by atoms with Gasteiger partial charge in [0.2, 0.25) is 11.9 Å². The minimum absolute atomic E-state index is 0.0333. The van der Waals surface area contributed by atoms with E-state index in [1.807, 2.05) is 23.5 Å². The van der Waals surface area contributed by atoms with Crippen molar-refractivity contribution in [3.63, 3.8) is 0 Å². The molecule has 1 saturated heterocycles. The molecule has 4 aromatic rings. The molecule has 11 nitrogen and oxygen atoms in total. The van der Waals surface area contributed by atoms with Gasteiger partial charge in [-0.05, 0) is 56.9 Å². The molecule has 40 heavy (non-hydrogen) atoms. The maximum Gasteiger partial charge on any atom is 0.244 e. The van der Waals surface area contributed by atoms with Gasteiger partial charge < -0.3 is 15.1 Å². The van der Waals surface area contributed by atoms with Crippen molar-refractivity contribution < 1.29 is 4.79 Å². The average molecular weight is 539 g/mol. The summed E-state index contributed by atoms with van der Waals surface area (Å²) in [5, 5.41) is 19.5. The van der Waals surface area contributed by atoms with Crippen LogP contribution in [0.3, 0.4) is 0 Å². The fourth-order valence-corrected chi connectivity index (χ4v) is 6.26. The van der Waals surface area contributed by atoms with Crippen LogP contribution >= 0.6 is 0 Å². The topological polar surface area (TPSA) is 121 Å². The highest BCUT2D eigenvalue weighted by Crippen LogP contribution is 2.34. The van der Waals surface area contributed by atoms with E-state index in [0.29, 0.717) is 37.4 Å². The Morgan fingerprint density at radius 2 is 1.75 bits per heavy atom. The zero-order valence-electron chi connectivity index (χ0n) is 22.8. The van der Waals surface area contributed by atoms with Gasteiger partial charge in [-0.15, -0.1) is 0 Å². The molecule has 11 heteroatoms. The van der Waals surface area contributed by atoms with E-state index in [-0.39, 0.29) is 12.5 Å². The van der Waals surface area contributed by atoms with Gasteiger partial charge in [0, 0.05) is 54.6 Å². The van der Waals surface area contributed by atoms with Crippen LogP contribution in [0.15, 0.2) is 42.9 Å². The first-order valence-electron chi connectivity index (χ1n) is 14.2. The van der Waals surface area contributed by atoms with E-state index < -0.39 is 0 Å². The van der Waals surface area contributed by atoms with E-state index >= 15 is 0 Å². The first-order chi connectivity index (χ1) is 19.6. The van der Waals surface area contributed by atoms with Gasteiger partial charge in [0.05, 0.1) is 17.9 Å². The van der Waals surface area contributed by atoms with Crippen molar-refractivity contribution in [3.05, 3.63) is 71.1 Å². The average Bonchev–Trinajstić information content (AvgIpc) is 3.71. The van der Waals surface area contributed by atoms with Crippen molar-refractivity contribution in [3.8, 4) is 11.1 Å². The smallest absolute Gasteiger partial charge is 0.244 e. The minimum atomic E-state index is 0.0333. The highest BCUT2D eigenvalue weighted by atomic mass is 16.2. The molecule has 1 fully saturated rings. The third-order valence-corrected chi connectivity index (χ3v) is 8.55. The number of hydrogen-bond acceptors (Lipinski definition) is 8. The van der Waals surface area contributed by atoms with Gasteiger partial charge >= 0.3 is 0 Å². The first-order valence-corrected chi connectivity index (χ1v) is 14.2. The van der Waals surface area contributed by atoms with E-state index in [0.717, 1.165) is 67.0 Å². The molecule has 206 valence electrons. The number of aromatic amines is 1. The summed E-state index contributed by atoms with van der Waals surface area (Å²) in [5.41, 5.74) is 7.57. The molecule has 1 aliphatic carbocycles. The van der Waals surface area contributed by atoms with E-state index in [1.54, 1.807) is 4.68 Å². The third-order valence-electron chi connectivity index (χ3n) is 8.55. The number of nitrogens with zero attached hydrogens (tertiary/aromatic N) is 8. The normalized spacial score (nSPS) is 18.1.